The predicted molar refractivity (Wildman–Crippen MR) is 58.3 cm³/mol. The highest BCUT2D eigenvalue weighted by Gasteiger charge is 2.23. The van der Waals surface area contributed by atoms with Crippen LogP contribution in [0, 0.1) is 11.7 Å². The smallest absolute Gasteiger partial charge is 0.228 e. The van der Waals surface area contributed by atoms with Gasteiger partial charge in [-0.05, 0) is 12.2 Å². The fourth-order valence-corrected chi connectivity index (χ4v) is 2.69. The van der Waals surface area contributed by atoms with Crippen molar-refractivity contribution < 1.29 is 9.18 Å². The van der Waals surface area contributed by atoms with Crippen molar-refractivity contribution >= 4 is 23.4 Å². The Balaban J connectivity index is 1.99. The molecule has 0 aromatic carbocycles. The summed E-state index contributed by atoms with van der Waals surface area (Å²) in [6.07, 6.45) is 3.46. The minimum absolute atomic E-state index is 0.0348. The molecule has 0 aliphatic carbocycles. The minimum Gasteiger partial charge on any atom is -0.324 e. The number of amides is 1. The van der Waals surface area contributed by atoms with E-state index in [1.807, 2.05) is 0 Å². The molecular weight excluding hydrogens is 215 g/mol. The quantitative estimate of drug-likeness (QED) is 0.837. The number of carbonyl (C=O) groups is 1. The van der Waals surface area contributed by atoms with E-state index in [0.717, 1.165) is 24.1 Å². The van der Waals surface area contributed by atoms with Gasteiger partial charge >= 0.3 is 0 Å². The Labute approximate surface area is 91.5 Å². The van der Waals surface area contributed by atoms with Crippen LogP contribution < -0.4 is 5.32 Å². The van der Waals surface area contributed by atoms with Gasteiger partial charge in [-0.2, -0.15) is 11.8 Å². The first-order chi connectivity index (χ1) is 7.25. The van der Waals surface area contributed by atoms with E-state index in [4.69, 9.17) is 0 Å². The lowest BCUT2D eigenvalue weighted by atomic mass is 10.1. The Morgan fingerprint density at radius 1 is 1.60 bits per heavy atom. The maximum Gasteiger partial charge on any atom is 0.228 e. The summed E-state index contributed by atoms with van der Waals surface area (Å²) in [6.45, 7) is 0. The van der Waals surface area contributed by atoms with Crippen LogP contribution >= 0.6 is 11.8 Å². The highest BCUT2D eigenvalue weighted by atomic mass is 32.2. The Morgan fingerprint density at radius 3 is 3.13 bits per heavy atom. The molecule has 2 heterocycles. The minimum atomic E-state index is -0.436. The number of thioether (sulfide) groups is 1. The molecule has 0 spiro atoms. The lowest BCUT2D eigenvalue weighted by Gasteiger charge is -2.09. The second-order valence-corrected chi connectivity index (χ2v) is 4.59. The fourth-order valence-electron chi connectivity index (χ4n) is 1.47. The molecular formula is C10H11FN2OS. The van der Waals surface area contributed by atoms with Crippen molar-refractivity contribution in [2.75, 3.05) is 16.8 Å². The maximum atomic E-state index is 12.8. The van der Waals surface area contributed by atoms with Gasteiger partial charge in [0.1, 0.15) is 5.82 Å². The molecule has 5 heteroatoms. The van der Waals surface area contributed by atoms with Gasteiger partial charge < -0.3 is 5.32 Å². The average Bonchev–Trinajstić information content (AvgIpc) is 2.70. The summed E-state index contributed by atoms with van der Waals surface area (Å²) in [5.74, 6) is 1.47. The molecule has 1 saturated heterocycles. The number of hydrogen-bond acceptors (Lipinski definition) is 3. The van der Waals surface area contributed by atoms with Crippen molar-refractivity contribution in [3.8, 4) is 0 Å². The first-order valence-corrected chi connectivity index (χ1v) is 5.90. The largest absolute Gasteiger partial charge is 0.324 e. The van der Waals surface area contributed by atoms with Crippen LogP contribution in [0.15, 0.2) is 18.5 Å². The first kappa shape index (κ1) is 10.4. The van der Waals surface area contributed by atoms with Crippen LogP contribution in [-0.2, 0) is 4.79 Å². The van der Waals surface area contributed by atoms with E-state index in [2.05, 4.69) is 10.3 Å². The summed E-state index contributed by atoms with van der Waals surface area (Å²) in [6, 6.07) is 1.27. The number of nitrogens with one attached hydrogen (secondary N) is 1. The summed E-state index contributed by atoms with van der Waals surface area (Å²) >= 11 is 1.77. The van der Waals surface area contributed by atoms with Crippen LogP contribution in [0.2, 0.25) is 0 Å². The molecule has 2 rings (SSSR count). The number of hydrogen-bond donors (Lipinski definition) is 1. The zero-order chi connectivity index (χ0) is 10.7. The summed E-state index contributed by atoms with van der Waals surface area (Å²) in [4.78, 5) is 15.3. The Morgan fingerprint density at radius 2 is 2.47 bits per heavy atom. The number of rotatable bonds is 2. The first-order valence-electron chi connectivity index (χ1n) is 4.75. The van der Waals surface area contributed by atoms with E-state index in [1.165, 1.54) is 12.3 Å². The van der Waals surface area contributed by atoms with Crippen LogP contribution in [0.3, 0.4) is 0 Å². The third-order valence-corrected chi connectivity index (χ3v) is 3.44. The van der Waals surface area contributed by atoms with Crippen LogP contribution in [-0.4, -0.2) is 22.4 Å². The van der Waals surface area contributed by atoms with Gasteiger partial charge in [-0.25, -0.2) is 4.39 Å². The van der Waals surface area contributed by atoms with Crippen molar-refractivity contribution in [3.63, 3.8) is 0 Å². The van der Waals surface area contributed by atoms with Crippen LogP contribution in [0.5, 0.6) is 0 Å². The average molecular weight is 226 g/mol. The van der Waals surface area contributed by atoms with Gasteiger partial charge in [0.25, 0.3) is 0 Å². The number of halogens is 1. The molecule has 80 valence electrons. The molecule has 3 nitrogen and oxygen atoms in total. The third-order valence-electron chi connectivity index (χ3n) is 2.27. The number of anilines is 1. The highest BCUT2D eigenvalue weighted by molar-refractivity contribution is 7.99. The number of pyridine rings is 1. The van der Waals surface area contributed by atoms with Crippen molar-refractivity contribution in [2.24, 2.45) is 5.92 Å². The lowest BCUT2D eigenvalue weighted by Crippen LogP contribution is -2.22. The molecule has 1 aliphatic heterocycles. The molecule has 0 saturated carbocycles. The molecule has 1 aromatic heterocycles. The summed E-state index contributed by atoms with van der Waals surface area (Å²) in [5.41, 5.74) is 0.428. The lowest BCUT2D eigenvalue weighted by molar-refractivity contribution is -0.119. The van der Waals surface area contributed by atoms with Crippen LogP contribution in [0.25, 0.3) is 0 Å². The van der Waals surface area contributed by atoms with E-state index in [9.17, 15) is 9.18 Å². The summed E-state index contributed by atoms with van der Waals surface area (Å²) in [7, 11) is 0. The van der Waals surface area contributed by atoms with Crippen LogP contribution in [0.4, 0.5) is 10.1 Å². The van der Waals surface area contributed by atoms with Crippen molar-refractivity contribution in [3.05, 3.63) is 24.3 Å². The maximum absolute atomic E-state index is 12.8. The fraction of sp³-hybridized carbons (Fsp3) is 0.400. The topological polar surface area (TPSA) is 42.0 Å². The number of aromatic nitrogens is 1. The van der Waals surface area contributed by atoms with Gasteiger partial charge in [0.2, 0.25) is 5.91 Å². The SMILES string of the molecule is O=C(Nc1cncc(F)c1)C1CCSC1. The van der Waals surface area contributed by atoms with Gasteiger partial charge in [0.05, 0.1) is 18.1 Å². The van der Waals surface area contributed by atoms with Crippen LogP contribution in [0.1, 0.15) is 6.42 Å². The van der Waals surface area contributed by atoms with Gasteiger partial charge in [-0.1, -0.05) is 0 Å². The van der Waals surface area contributed by atoms with E-state index in [0.29, 0.717) is 5.69 Å². The third kappa shape index (κ3) is 2.68. The molecule has 1 atom stereocenters. The Hall–Kier alpha value is -1.10. The molecule has 0 bridgehead atoms. The predicted octanol–water partition coefficient (Wildman–Crippen LogP) is 1.91. The van der Waals surface area contributed by atoms with Gasteiger partial charge in [-0.15, -0.1) is 0 Å². The molecule has 1 fully saturated rings. The molecule has 1 amide bonds. The summed E-state index contributed by atoms with van der Waals surface area (Å²) < 4.78 is 12.8. The molecule has 1 aromatic rings. The Bertz CT molecular complexity index is 366. The van der Waals surface area contributed by atoms with Gasteiger partial charge in [-0.3, -0.25) is 9.78 Å². The van der Waals surface area contributed by atoms with Gasteiger partial charge in [0, 0.05) is 17.7 Å². The number of nitrogens with zero attached hydrogens (tertiary/aromatic N) is 1. The highest BCUT2D eigenvalue weighted by Crippen LogP contribution is 2.24. The Kier molecular flexibility index (Phi) is 3.20. The van der Waals surface area contributed by atoms with Crippen molar-refractivity contribution in [1.29, 1.82) is 0 Å². The van der Waals surface area contributed by atoms with E-state index in [-0.39, 0.29) is 11.8 Å². The molecule has 15 heavy (non-hydrogen) atoms. The number of carbonyl (C=O) groups excluding carboxylic acids is 1. The summed E-state index contributed by atoms with van der Waals surface area (Å²) in [5, 5.41) is 2.67. The molecule has 1 aliphatic rings. The van der Waals surface area contributed by atoms with E-state index >= 15 is 0 Å². The second kappa shape index (κ2) is 4.61. The molecule has 1 unspecified atom stereocenters. The standard InChI is InChI=1S/C10H11FN2OS/c11-8-3-9(5-12-4-8)13-10(14)7-1-2-15-6-7/h3-5,7H,1-2,6H2,(H,13,14). The van der Waals surface area contributed by atoms with Crippen molar-refractivity contribution in [1.82, 2.24) is 4.98 Å². The molecule has 1 N–H and O–H groups in total. The zero-order valence-electron chi connectivity index (χ0n) is 8.07. The second-order valence-electron chi connectivity index (χ2n) is 3.44. The van der Waals surface area contributed by atoms with E-state index < -0.39 is 5.82 Å². The normalized spacial score (nSPS) is 20.2. The van der Waals surface area contributed by atoms with Crippen molar-refractivity contribution in [2.45, 2.75) is 6.42 Å². The van der Waals surface area contributed by atoms with E-state index in [1.54, 1.807) is 11.8 Å². The monoisotopic (exact) mass is 226 g/mol. The van der Waals surface area contributed by atoms with Gasteiger partial charge in [0.15, 0.2) is 0 Å². The zero-order valence-corrected chi connectivity index (χ0v) is 8.89. The molecule has 0 radical (unpaired) electrons.